The van der Waals surface area contributed by atoms with Crippen molar-refractivity contribution in [3.8, 4) is 11.3 Å². The van der Waals surface area contributed by atoms with Crippen LogP contribution < -0.4 is 5.73 Å². The van der Waals surface area contributed by atoms with E-state index in [9.17, 15) is 0 Å². The van der Waals surface area contributed by atoms with E-state index in [1.54, 1.807) is 0 Å². The van der Waals surface area contributed by atoms with Crippen LogP contribution in [0.15, 0.2) is 30.3 Å². The fourth-order valence-corrected chi connectivity index (χ4v) is 3.80. The molecule has 0 saturated carbocycles. The number of benzene rings is 2. The summed E-state index contributed by atoms with van der Waals surface area (Å²) in [5.41, 5.74) is 12.7. The average molecular weight is 361 g/mol. The highest BCUT2D eigenvalue weighted by atomic mass is 35.5. The Kier molecular flexibility index (Phi) is 5.19. The number of rotatable bonds is 5. The zero-order valence-electron chi connectivity index (χ0n) is 14.0. The second kappa shape index (κ2) is 7.18. The van der Waals surface area contributed by atoms with Crippen molar-refractivity contribution >= 4 is 34.1 Å². The van der Waals surface area contributed by atoms with Gasteiger partial charge in [-0.3, -0.25) is 0 Å². The Morgan fingerprint density at radius 2 is 1.83 bits per heavy atom. The van der Waals surface area contributed by atoms with E-state index in [1.165, 1.54) is 22.1 Å². The number of hydrogen-bond donors (Lipinski definition) is 2. The lowest BCUT2D eigenvalue weighted by molar-refractivity contribution is 0.748. The van der Waals surface area contributed by atoms with Crippen LogP contribution in [0.5, 0.6) is 0 Å². The molecule has 0 aliphatic carbocycles. The van der Waals surface area contributed by atoms with E-state index < -0.39 is 0 Å². The lowest BCUT2D eigenvalue weighted by Crippen LogP contribution is -1.99. The molecule has 4 heteroatoms. The number of aryl methyl sites for hydroxylation is 3. The Labute approximate surface area is 153 Å². The van der Waals surface area contributed by atoms with Crippen molar-refractivity contribution in [2.45, 2.75) is 33.1 Å². The molecule has 2 nitrogen and oxygen atoms in total. The van der Waals surface area contributed by atoms with Crippen molar-refractivity contribution in [2.75, 3.05) is 6.54 Å². The molecule has 1 aromatic heterocycles. The van der Waals surface area contributed by atoms with Crippen LogP contribution in [-0.2, 0) is 6.42 Å². The summed E-state index contributed by atoms with van der Waals surface area (Å²) >= 11 is 12.7. The summed E-state index contributed by atoms with van der Waals surface area (Å²) in [5, 5.41) is 2.69. The summed E-state index contributed by atoms with van der Waals surface area (Å²) < 4.78 is 0. The van der Waals surface area contributed by atoms with Gasteiger partial charge in [-0.2, -0.15) is 0 Å². The lowest BCUT2D eigenvalue weighted by atomic mass is 9.97. The maximum absolute atomic E-state index is 6.46. The highest BCUT2D eigenvalue weighted by molar-refractivity contribution is 6.35. The minimum atomic E-state index is 0.689. The van der Waals surface area contributed by atoms with Crippen LogP contribution in [0.1, 0.15) is 29.5 Å². The molecule has 24 heavy (non-hydrogen) atoms. The Bertz CT molecular complexity index is 881. The molecule has 0 saturated heterocycles. The van der Waals surface area contributed by atoms with E-state index in [0.717, 1.165) is 36.0 Å². The molecule has 0 bridgehead atoms. The van der Waals surface area contributed by atoms with Crippen LogP contribution in [0, 0.1) is 13.8 Å². The van der Waals surface area contributed by atoms with E-state index in [-0.39, 0.29) is 0 Å². The Hall–Kier alpha value is -1.48. The third kappa shape index (κ3) is 3.32. The highest BCUT2D eigenvalue weighted by Gasteiger charge is 2.17. The second-order valence-electron chi connectivity index (χ2n) is 6.35. The lowest BCUT2D eigenvalue weighted by Gasteiger charge is -2.09. The Morgan fingerprint density at radius 3 is 2.58 bits per heavy atom. The van der Waals surface area contributed by atoms with E-state index in [0.29, 0.717) is 16.6 Å². The number of hydrogen-bond acceptors (Lipinski definition) is 1. The number of unbranched alkanes of at least 4 members (excludes halogenated alkanes) is 1. The van der Waals surface area contributed by atoms with Crippen molar-refractivity contribution in [1.82, 2.24) is 4.98 Å². The van der Waals surface area contributed by atoms with Crippen LogP contribution in [0.2, 0.25) is 10.0 Å². The predicted molar refractivity (Wildman–Crippen MR) is 105 cm³/mol. The molecule has 0 unspecified atom stereocenters. The number of fused-ring (bicyclic) bond motifs is 1. The molecule has 2 aromatic carbocycles. The van der Waals surface area contributed by atoms with Crippen molar-refractivity contribution in [1.29, 1.82) is 0 Å². The van der Waals surface area contributed by atoms with Gasteiger partial charge >= 0.3 is 0 Å². The van der Waals surface area contributed by atoms with Gasteiger partial charge in [0.1, 0.15) is 0 Å². The molecule has 3 aromatic rings. The molecule has 126 valence electrons. The van der Waals surface area contributed by atoms with Crippen LogP contribution in [0.3, 0.4) is 0 Å². The molecule has 0 radical (unpaired) electrons. The average Bonchev–Trinajstić information content (AvgIpc) is 2.88. The fourth-order valence-electron chi connectivity index (χ4n) is 3.42. The molecule has 3 N–H and O–H groups in total. The number of aromatic amines is 1. The summed E-state index contributed by atoms with van der Waals surface area (Å²) in [4.78, 5) is 3.58. The third-order valence-electron chi connectivity index (χ3n) is 4.42. The highest BCUT2D eigenvalue weighted by Crippen LogP contribution is 2.38. The molecule has 0 fully saturated rings. The van der Waals surface area contributed by atoms with Gasteiger partial charge in [0, 0.05) is 26.5 Å². The van der Waals surface area contributed by atoms with Crippen LogP contribution in [0.4, 0.5) is 0 Å². The van der Waals surface area contributed by atoms with Gasteiger partial charge < -0.3 is 10.7 Å². The van der Waals surface area contributed by atoms with Gasteiger partial charge in [-0.1, -0.05) is 29.3 Å². The van der Waals surface area contributed by atoms with Crippen molar-refractivity contribution < 1.29 is 0 Å². The van der Waals surface area contributed by atoms with Crippen molar-refractivity contribution in [3.63, 3.8) is 0 Å². The molecule has 0 aliphatic rings. The summed E-state index contributed by atoms with van der Waals surface area (Å²) in [7, 11) is 0. The zero-order valence-corrected chi connectivity index (χ0v) is 15.6. The molecule has 0 amide bonds. The molecular formula is C20H22Cl2N2. The molecule has 0 atom stereocenters. The monoisotopic (exact) mass is 360 g/mol. The number of nitrogens with one attached hydrogen (secondary N) is 1. The maximum atomic E-state index is 6.46. The van der Waals surface area contributed by atoms with Crippen LogP contribution in [-0.4, -0.2) is 11.5 Å². The first-order valence-corrected chi connectivity index (χ1v) is 9.04. The molecule has 0 aliphatic heterocycles. The van der Waals surface area contributed by atoms with E-state index in [2.05, 4.69) is 31.0 Å². The molecular weight excluding hydrogens is 339 g/mol. The van der Waals surface area contributed by atoms with Gasteiger partial charge in [-0.25, -0.2) is 0 Å². The normalized spacial score (nSPS) is 11.4. The van der Waals surface area contributed by atoms with Crippen molar-refractivity contribution in [2.24, 2.45) is 5.73 Å². The summed E-state index contributed by atoms with van der Waals surface area (Å²) in [6.45, 7) is 5.00. The summed E-state index contributed by atoms with van der Waals surface area (Å²) in [5.74, 6) is 0. The van der Waals surface area contributed by atoms with E-state index >= 15 is 0 Å². The van der Waals surface area contributed by atoms with E-state index in [4.69, 9.17) is 28.9 Å². The van der Waals surface area contributed by atoms with Gasteiger partial charge in [0.05, 0.1) is 5.69 Å². The first-order valence-electron chi connectivity index (χ1n) is 8.28. The number of aromatic nitrogens is 1. The first kappa shape index (κ1) is 17.3. The summed E-state index contributed by atoms with van der Waals surface area (Å²) in [6.07, 6.45) is 3.04. The first-order chi connectivity index (χ1) is 11.5. The molecule has 3 rings (SSSR count). The van der Waals surface area contributed by atoms with Gasteiger partial charge in [-0.05, 0) is 80.6 Å². The smallest absolute Gasteiger partial charge is 0.0513 e. The molecule has 0 spiro atoms. The van der Waals surface area contributed by atoms with Crippen LogP contribution in [0.25, 0.3) is 22.2 Å². The Morgan fingerprint density at radius 1 is 1.04 bits per heavy atom. The Balaban J connectivity index is 2.23. The number of H-pyrrole nitrogens is 1. The largest absolute Gasteiger partial charge is 0.354 e. The maximum Gasteiger partial charge on any atom is 0.0513 e. The topological polar surface area (TPSA) is 41.8 Å². The van der Waals surface area contributed by atoms with Crippen LogP contribution >= 0.6 is 23.2 Å². The second-order valence-corrected chi connectivity index (χ2v) is 7.20. The van der Waals surface area contributed by atoms with Crippen molar-refractivity contribution in [3.05, 3.63) is 57.1 Å². The minimum Gasteiger partial charge on any atom is -0.354 e. The number of nitrogens with two attached hydrogens (primary N) is 1. The van der Waals surface area contributed by atoms with E-state index in [1.807, 2.05) is 18.2 Å². The minimum absolute atomic E-state index is 0.689. The SMILES string of the molecule is Cc1cc(C)c2c(CCCCN)c(-c3cc(Cl)ccc3Cl)[nH]c2c1. The van der Waals surface area contributed by atoms with Gasteiger partial charge in [0.25, 0.3) is 0 Å². The predicted octanol–water partition coefficient (Wildman–Crippen LogP) is 6.04. The van der Waals surface area contributed by atoms with Gasteiger partial charge in [0.2, 0.25) is 0 Å². The quantitative estimate of drug-likeness (QED) is 0.535. The summed E-state index contributed by atoms with van der Waals surface area (Å²) in [6, 6.07) is 10.0. The van der Waals surface area contributed by atoms with Gasteiger partial charge in [-0.15, -0.1) is 0 Å². The number of halogens is 2. The fraction of sp³-hybridized carbons (Fsp3) is 0.300. The zero-order chi connectivity index (χ0) is 17.3. The molecule has 1 heterocycles. The standard InChI is InChI=1S/C20H22Cl2N2/c1-12-9-13(2)19-15(5-3-4-8-23)20(24-18(19)10-12)16-11-14(21)6-7-17(16)22/h6-7,9-11,24H,3-5,8,23H2,1-2H3. The van der Waals surface area contributed by atoms with Gasteiger partial charge in [0.15, 0.2) is 0 Å². The third-order valence-corrected chi connectivity index (χ3v) is 4.99.